The Morgan fingerprint density at radius 3 is 2.48 bits per heavy atom. The van der Waals surface area contributed by atoms with Crippen molar-refractivity contribution in [3.63, 3.8) is 0 Å². The number of hydrogen-bond acceptors (Lipinski definition) is 3. The fourth-order valence-electron chi connectivity index (χ4n) is 2.13. The summed E-state index contributed by atoms with van der Waals surface area (Å²) in [5, 5.41) is 9.72. The second-order valence-electron chi connectivity index (χ2n) is 5.76. The Hall–Kier alpha value is -1.35. The van der Waals surface area contributed by atoms with Crippen LogP contribution in [0.3, 0.4) is 0 Å². The van der Waals surface area contributed by atoms with Crippen LogP contribution in [0.1, 0.15) is 71.1 Å². The van der Waals surface area contributed by atoms with Gasteiger partial charge in [-0.3, -0.25) is 4.79 Å². The molecule has 0 saturated carbocycles. The van der Waals surface area contributed by atoms with Crippen LogP contribution in [0.25, 0.3) is 0 Å². The Labute approximate surface area is 142 Å². The number of carbonyl (C=O) groups excluding carboxylic acids is 1. The Balaban J connectivity index is 3.46. The number of allylic oxidation sites excluding steroid dienone is 4. The molecule has 0 aromatic rings. The van der Waals surface area contributed by atoms with Gasteiger partial charge in [-0.25, -0.2) is 0 Å². The van der Waals surface area contributed by atoms with Crippen molar-refractivity contribution in [2.45, 2.75) is 77.2 Å². The number of methoxy groups -OCH3 is 1. The van der Waals surface area contributed by atoms with Crippen LogP contribution in [0, 0.1) is 0 Å². The Morgan fingerprint density at radius 1 is 1.00 bits per heavy atom. The van der Waals surface area contributed by atoms with Gasteiger partial charge in [0.15, 0.2) is 0 Å². The van der Waals surface area contributed by atoms with E-state index in [2.05, 4.69) is 23.8 Å². The molecule has 0 spiro atoms. The molecule has 0 radical (unpaired) electrons. The van der Waals surface area contributed by atoms with Gasteiger partial charge < -0.3 is 9.84 Å². The van der Waals surface area contributed by atoms with Crippen LogP contribution < -0.4 is 0 Å². The van der Waals surface area contributed by atoms with Gasteiger partial charge in [-0.1, -0.05) is 69.1 Å². The highest BCUT2D eigenvalue weighted by molar-refractivity contribution is 5.68. The molecule has 0 aromatic heterocycles. The van der Waals surface area contributed by atoms with Crippen molar-refractivity contribution in [1.82, 2.24) is 0 Å². The Morgan fingerprint density at radius 2 is 1.74 bits per heavy atom. The topological polar surface area (TPSA) is 46.5 Å². The van der Waals surface area contributed by atoms with Crippen molar-refractivity contribution >= 4 is 5.97 Å². The van der Waals surface area contributed by atoms with Crippen LogP contribution >= 0.6 is 0 Å². The zero-order valence-corrected chi connectivity index (χ0v) is 14.9. The zero-order valence-electron chi connectivity index (χ0n) is 14.9. The van der Waals surface area contributed by atoms with E-state index in [1.165, 1.54) is 26.4 Å². The van der Waals surface area contributed by atoms with E-state index < -0.39 is 0 Å². The van der Waals surface area contributed by atoms with Crippen molar-refractivity contribution in [2.24, 2.45) is 0 Å². The predicted octanol–water partition coefficient (Wildman–Crippen LogP) is 5.11. The van der Waals surface area contributed by atoms with E-state index in [9.17, 15) is 9.90 Å². The molecule has 3 heteroatoms. The average Bonchev–Trinajstić information content (AvgIpc) is 2.56. The SMILES string of the molecule is CCCC=CCC(O)C=CC=CCCCCCCCC(=O)OC. The van der Waals surface area contributed by atoms with Gasteiger partial charge in [-0.05, 0) is 32.1 Å². The van der Waals surface area contributed by atoms with E-state index in [4.69, 9.17) is 0 Å². The highest BCUT2D eigenvalue weighted by atomic mass is 16.5. The van der Waals surface area contributed by atoms with Gasteiger partial charge in [0.25, 0.3) is 0 Å². The largest absolute Gasteiger partial charge is 0.469 e. The molecule has 0 saturated heterocycles. The van der Waals surface area contributed by atoms with Gasteiger partial charge in [0.2, 0.25) is 0 Å². The molecule has 23 heavy (non-hydrogen) atoms. The second-order valence-corrected chi connectivity index (χ2v) is 5.76. The van der Waals surface area contributed by atoms with Crippen LogP contribution in [0.2, 0.25) is 0 Å². The summed E-state index contributed by atoms with van der Waals surface area (Å²) in [6.45, 7) is 2.15. The van der Waals surface area contributed by atoms with Gasteiger partial charge >= 0.3 is 5.97 Å². The molecular weight excluding hydrogens is 288 g/mol. The van der Waals surface area contributed by atoms with E-state index in [-0.39, 0.29) is 12.1 Å². The van der Waals surface area contributed by atoms with Crippen molar-refractivity contribution in [1.29, 1.82) is 0 Å². The van der Waals surface area contributed by atoms with Crippen LogP contribution in [0.4, 0.5) is 0 Å². The predicted molar refractivity (Wildman–Crippen MR) is 97.3 cm³/mol. The maximum absolute atomic E-state index is 10.9. The number of aliphatic hydroxyl groups is 1. The summed E-state index contributed by atoms with van der Waals surface area (Å²) < 4.78 is 4.61. The Kier molecular flexibility index (Phi) is 16.0. The second kappa shape index (κ2) is 17.0. The molecule has 132 valence electrons. The third-order valence-corrected chi connectivity index (χ3v) is 3.56. The smallest absolute Gasteiger partial charge is 0.305 e. The molecular formula is C20H34O3. The monoisotopic (exact) mass is 322 g/mol. The van der Waals surface area contributed by atoms with E-state index in [1.807, 2.05) is 24.3 Å². The van der Waals surface area contributed by atoms with Crippen LogP contribution in [-0.4, -0.2) is 24.3 Å². The molecule has 0 amide bonds. The number of ether oxygens (including phenoxy) is 1. The van der Waals surface area contributed by atoms with Crippen molar-refractivity contribution in [3.05, 3.63) is 36.5 Å². The molecule has 0 bridgehead atoms. The normalized spacial score (nSPS) is 13.3. The lowest BCUT2D eigenvalue weighted by atomic mass is 10.1. The molecule has 0 aliphatic heterocycles. The zero-order chi connectivity index (χ0) is 17.2. The van der Waals surface area contributed by atoms with Crippen LogP contribution in [0.5, 0.6) is 0 Å². The highest BCUT2D eigenvalue weighted by Gasteiger charge is 1.98. The summed E-state index contributed by atoms with van der Waals surface area (Å²) in [6, 6.07) is 0. The molecule has 1 N–H and O–H groups in total. The average molecular weight is 322 g/mol. The van der Waals surface area contributed by atoms with E-state index >= 15 is 0 Å². The molecule has 1 atom stereocenters. The summed E-state index contributed by atoms with van der Waals surface area (Å²) in [5.41, 5.74) is 0. The van der Waals surface area contributed by atoms with Crippen molar-refractivity contribution < 1.29 is 14.6 Å². The maximum atomic E-state index is 10.9. The molecule has 0 heterocycles. The first-order valence-electron chi connectivity index (χ1n) is 8.94. The number of carbonyl (C=O) groups is 1. The van der Waals surface area contributed by atoms with Gasteiger partial charge in [0.1, 0.15) is 0 Å². The number of unbranched alkanes of at least 4 members (excludes halogenated alkanes) is 6. The molecule has 3 nitrogen and oxygen atoms in total. The lowest BCUT2D eigenvalue weighted by Gasteiger charge is -2.00. The van der Waals surface area contributed by atoms with Gasteiger partial charge in [0.05, 0.1) is 13.2 Å². The van der Waals surface area contributed by atoms with E-state index in [0.717, 1.165) is 32.1 Å². The quantitative estimate of drug-likeness (QED) is 0.209. The molecule has 0 fully saturated rings. The minimum atomic E-state index is -0.387. The fourth-order valence-corrected chi connectivity index (χ4v) is 2.13. The molecule has 0 aromatic carbocycles. The van der Waals surface area contributed by atoms with Crippen LogP contribution in [-0.2, 0) is 9.53 Å². The molecule has 1 unspecified atom stereocenters. The number of esters is 1. The number of aliphatic hydroxyl groups excluding tert-OH is 1. The van der Waals surface area contributed by atoms with E-state index in [0.29, 0.717) is 12.8 Å². The maximum Gasteiger partial charge on any atom is 0.305 e. The first kappa shape index (κ1) is 21.6. The fraction of sp³-hybridized carbons (Fsp3) is 0.650. The lowest BCUT2D eigenvalue weighted by molar-refractivity contribution is -0.140. The first-order valence-corrected chi connectivity index (χ1v) is 8.94. The third kappa shape index (κ3) is 16.8. The summed E-state index contributed by atoms with van der Waals surface area (Å²) in [6.07, 6.45) is 21.8. The van der Waals surface area contributed by atoms with Crippen molar-refractivity contribution in [3.8, 4) is 0 Å². The Bertz CT molecular complexity index is 356. The third-order valence-electron chi connectivity index (χ3n) is 3.56. The highest BCUT2D eigenvalue weighted by Crippen LogP contribution is 2.08. The number of hydrogen-bond donors (Lipinski definition) is 1. The standard InChI is InChI=1S/C20H34O3/c1-3-4-5-13-16-19(21)17-14-11-9-7-6-8-10-12-15-18-20(22)23-2/h5,9,11,13-14,17,19,21H,3-4,6-8,10,12,15-16,18H2,1-2H3. The van der Waals surface area contributed by atoms with Gasteiger partial charge in [-0.2, -0.15) is 0 Å². The van der Waals surface area contributed by atoms with E-state index in [1.54, 1.807) is 0 Å². The minimum Gasteiger partial charge on any atom is -0.469 e. The van der Waals surface area contributed by atoms with Crippen molar-refractivity contribution in [2.75, 3.05) is 7.11 Å². The summed E-state index contributed by atoms with van der Waals surface area (Å²) in [7, 11) is 1.44. The molecule has 0 aliphatic rings. The minimum absolute atomic E-state index is 0.109. The molecule has 0 aliphatic carbocycles. The lowest BCUT2D eigenvalue weighted by Crippen LogP contribution is -1.99. The number of rotatable bonds is 14. The first-order chi connectivity index (χ1) is 11.2. The van der Waals surface area contributed by atoms with Crippen LogP contribution in [0.15, 0.2) is 36.5 Å². The summed E-state index contributed by atoms with van der Waals surface area (Å²) in [4.78, 5) is 10.9. The van der Waals surface area contributed by atoms with Gasteiger partial charge in [-0.15, -0.1) is 0 Å². The summed E-state index contributed by atoms with van der Waals surface area (Å²) >= 11 is 0. The molecule has 0 rings (SSSR count). The summed E-state index contributed by atoms with van der Waals surface area (Å²) in [5.74, 6) is -0.109. The van der Waals surface area contributed by atoms with Gasteiger partial charge in [0, 0.05) is 6.42 Å².